The number of hydrogen-bond acceptors (Lipinski definition) is 5. The van der Waals surface area contributed by atoms with Crippen LogP contribution in [0.2, 0.25) is 0 Å². The fourth-order valence-corrected chi connectivity index (χ4v) is 6.53. The average Bonchev–Trinajstić information content (AvgIpc) is 3.63. The van der Waals surface area contributed by atoms with Gasteiger partial charge in [0.25, 0.3) is 5.91 Å². The lowest BCUT2D eigenvalue weighted by Gasteiger charge is -2.14. The largest absolute Gasteiger partial charge is 0.478 e. The molecule has 2 aromatic heterocycles. The number of para-hydroxylation sites is 2. The van der Waals surface area contributed by atoms with Gasteiger partial charge in [0.05, 0.1) is 22.2 Å². The van der Waals surface area contributed by atoms with Crippen molar-refractivity contribution < 1.29 is 24.3 Å². The van der Waals surface area contributed by atoms with Crippen molar-refractivity contribution in [1.82, 2.24) is 14.5 Å². The molecule has 4 aromatic rings. The minimum Gasteiger partial charge on any atom is -0.478 e. The summed E-state index contributed by atoms with van der Waals surface area (Å²) in [7, 11) is 0. The highest BCUT2D eigenvalue weighted by atomic mass is 16.4. The molecule has 252 valence electrons. The van der Waals surface area contributed by atoms with Crippen molar-refractivity contribution in [1.29, 1.82) is 0 Å². The second-order valence-corrected chi connectivity index (χ2v) is 12.7. The van der Waals surface area contributed by atoms with Crippen molar-refractivity contribution in [2.24, 2.45) is 5.73 Å². The van der Waals surface area contributed by atoms with Crippen LogP contribution in [0, 0.1) is 0 Å². The number of amides is 1. The van der Waals surface area contributed by atoms with E-state index in [1.807, 2.05) is 30.5 Å². The molecule has 0 spiro atoms. The number of ketones is 2. The predicted octanol–water partition coefficient (Wildman–Crippen LogP) is 6.85. The summed E-state index contributed by atoms with van der Waals surface area (Å²) in [5, 5.41) is 14.0. The molecule has 47 heavy (non-hydrogen) atoms. The molecule has 0 radical (unpaired) electrons. The number of nitrogens with one attached hydrogen (secondary N) is 1. The average molecular weight is 643 g/mol. The molecule has 9 heteroatoms. The number of carboxylic acids is 1. The fraction of sp³-hybridized carbons (Fsp3) is 0.474. The maximum Gasteiger partial charge on any atom is 0.337 e. The summed E-state index contributed by atoms with van der Waals surface area (Å²) in [6, 6.07) is 12.2. The Morgan fingerprint density at radius 1 is 0.723 bits per heavy atom. The first kappa shape index (κ1) is 35.6. The smallest absolute Gasteiger partial charge is 0.337 e. The number of nitrogens with two attached hydrogens (primary N) is 1. The minimum absolute atomic E-state index is 0.0133. The Balaban J connectivity index is 0.000000178. The lowest BCUT2D eigenvalue weighted by molar-refractivity contribution is -0.117. The van der Waals surface area contributed by atoms with Gasteiger partial charge in [-0.05, 0) is 82.9 Å². The second kappa shape index (κ2) is 17.6. The summed E-state index contributed by atoms with van der Waals surface area (Å²) < 4.78 is 4.29. The van der Waals surface area contributed by atoms with Gasteiger partial charge < -0.3 is 34.9 Å². The number of aromatic nitrogens is 2. The molecule has 9 nitrogen and oxygen atoms in total. The van der Waals surface area contributed by atoms with Crippen LogP contribution >= 0.6 is 0 Å². The first-order chi connectivity index (χ1) is 22.7. The molecule has 0 saturated carbocycles. The molecule has 2 aromatic carbocycles. The van der Waals surface area contributed by atoms with Gasteiger partial charge in [-0.15, -0.1) is 0 Å². The number of carbonyl (C=O) groups excluding carboxylic acids is 3. The van der Waals surface area contributed by atoms with E-state index in [0.29, 0.717) is 18.5 Å². The molecule has 6 rings (SSSR count). The van der Waals surface area contributed by atoms with Crippen LogP contribution in [-0.4, -0.2) is 50.8 Å². The Morgan fingerprint density at radius 3 is 1.74 bits per heavy atom. The molecule has 2 aliphatic heterocycles. The van der Waals surface area contributed by atoms with Crippen LogP contribution in [0.5, 0.6) is 0 Å². The van der Waals surface area contributed by atoms with Crippen LogP contribution in [0.15, 0.2) is 48.8 Å². The minimum atomic E-state index is -0.835. The van der Waals surface area contributed by atoms with Crippen molar-refractivity contribution >= 4 is 45.2 Å². The van der Waals surface area contributed by atoms with E-state index >= 15 is 0 Å². The summed E-state index contributed by atoms with van der Waals surface area (Å²) in [5.41, 5.74) is 11.4. The van der Waals surface area contributed by atoms with E-state index in [4.69, 9.17) is 10.8 Å². The monoisotopic (exact) mass is 642 g/mol. The third-order valence-electron chi connectivity index (χ3n) is 8.85. The number of nitrogens with zero attached hydrogens (tertiary/aromatic N) is 2. The number of benzene rings is 2. The van der Waals surface area contributed by atoms with Crippen LogP contribution < -0.4 is 11.1 Å². The second-order valence-electron chi connectivity index (χ2n) is 12.7. The highest BCUT2D eigenvalue weighted by Crippen LogP contribution is 2.30. The van der Waals surface area contributed by atoms with Crippen molar-refractivity contribution in [2.75, 3.05) is 13.1 Å². The summed E-state index contributed by atoms with van der Waals surface area (Å²) in [6.07, 6.45) is 15.5. The number of aromatic carboxylic acids is 1. The molecular formula is C38H50N4O5. The molecule has 1 amide bonds. The molecule has 0 fully saturated rings. The molecule has 0 unspecified atom stereocenters. The number of aryl methyl sites for hydroxylation is 4. The van der Waals surface area contributed by atoms with Gasteiger partial charge >= 0.3 is 5.97 Å². The zero-order chi connectivity index (χ0) is 33.8. The SMILES string of the molecule is CC(=O)CCCCCN.CC(=O)CCCCCNC(=O)c1cn2c3c(cccc13)CCC2.O=C(O)c1cn2c3c(cccc13)CCC2. The lowest BCUT2D eigenvalue weighted by atomic mass is 10.0. The standard InChI is InChI=1S/C19H24N2O2.C12H11NO2.C7H15NO/c1-14(22)7-3-2-4-11-20-19(23)17-13-21-12-6-9-15-8-5-10-16(17)18(15)21;14-12(15)10-7-13-6-2-4-8-3-1-5-9(10)11(8)13;1-7(9)5-3-2-4-6-8/h5,8,10,13H,2-4,6-7,9,11-12H2,1H3,(H,20,23);1,3,5,7H,2,4,6H2,(H,14,15);2-6,8H2,1H3. The first-order valence-electron chi connectivity index (χ1n) is 17.1. The van der Waals surface area contributed by atoms with Crippen LogP contribution in [0.3, 0.4) is 0 Å². The van der Waals surface area contributed by atoms with Gasteiger partial charge in [0.15, 0.2) is 0 Å². The fourth-order valence-electron chi connectivity index (χ4n) is 6.53. The number of carbonyl (C=O) groups is 4. The molecule has 0 aliphatic carbocycles. The Kier molecular flexibility index (Phi) is 13.3. The molecule has 4 heterocycles. The van der Waals surface area contributed by atoms with Gasteiger partial charge in [0, 0.05) is 55.6 Å². The van der Waals surface area contributed by atoms with Crippen molar-refractivity contribution in [3.63, 3.8) is 0 Å². The van der Waals surface area contributed by atoms with Crippen LogP contribution in [-0.2, 0) is 35.5 Å². The van der Waals surface area contributed by atoms with Gasteiger partial charge in [-0.25, -0.2) is 4.79 Å². The Morgan fingerprint density at radius 2 is 1.23 bits per heavy atom. The molecular weight excluding hydrogens is 592 g/mol. The molecule has 4 N–H and O–H groups in total. The van der Waals surface area contributed by atoms with E-state index in [9.17, 15) is 19.2 Å². The third kappa shape index (κ3) is 9.64. The van der Waals surface area contributed by atoms with Crippen LogP contribution in [0.25, 0.3) is 21.8 Å². The normalized spacial score (nSPS) is 12.9. The van der Waals surface area contributed by atoms with Gasteiger partial charge in [0.2, 0.25) is 0 Å². The first-order valence-corrected chi connectivity index (χ1v) is 17.1. The predicted molar refractivity (Wildman–Crippen MR) is 187 cm³/mol. The summed E-state index contributed by atoms with van der Waals surface area (Å²) in [4.78, 5) is 44.8. The Bertz CT molecular complexity index is 1700. The van der Waals surface area contributed by atoms with E-state index in [1.165, 1.54) is 16.6 Å². The quantitative estimate of drug-likeness (QED) is 0.137. The Labute approximate surface area is 277 Å². The highest BCUT2D eigenvalue weighted by Gasteiger charge is 2.20. The highest BCUT2D eigenvalue weighted by molar-refractivity contribution is 6.08. The summed E-state index contributed by atoms with van der Waals surface area (Å²) >= 11 is 0. The van der Waals surface area contributed by atoms with Crippen LogP contribution in [0.1, 0.15) is 110 Å². The van der Waals surface area contributed by atoms with E-state index in [2.05, 4.69) is 26.6 Å². The van der Waals surface area contributed by atoms with E-state index < -0.39 is 5.97 Å². The molecule has 0 bridgehead atoms. The maximum atomic E-state index is 12.5. The van der Waals surface area contributed by atoms with E-state index in [0.717, 1.165) is 112 Å². The van der Waals surface area contributed by atoms with Gasteiger partial charge in [-0.1, -0.05) is 49.2 Å². The third-order valence-corrected chi connectivity index (χ3v) is 8.85. The number of carboxylic acid groups (broad SMARTS) is 1. The van der Waals surface area contributed by atoms with Crippen molar-refractivity contribution in [3.8, 4) is 0 Å². The lowest BCUT2D eigenvalue weighted by Crippen LogP contribution is -2.24. The number of rotatable bonds is 13. The van der Waals surface area contributed by atoms with E-state index in [-0.39, 0.29) is 17.5 Å². The summed E-state index contributed by atoms with van der Waals surface area (Å²) in [5.74, 6) is -0.299. The van der Waals surface area contributed by atoms with Gasteiger partial charge in [-0.3, -0.25) is 4.79 Å². The van der Waals surface area contributed by atoms with Crippen molar-refractivity contribution in [2.45, 2.75) is 104 Å². The number of unbranched alkanes of at least 4 members (excludes halogenated alkanes) is 4. The molecule has 0 saturated heterocycles. The number of Topliss-reactive ketones (excluding diaryl/α,β-unsaturated/α-hetero) is 2. The summed E-state index contributed by atoms with van der Waals surface area (Å²) in [6.45, 7) is 6.59. The van der Waals surface area contributed by atoms with E-state index in [1.54, 1.807) is 20.0 Å². The van der Waals surface area contributed by atoms with Gasteiger partial charge in [-0.2, -0.15) is 0 Å². The number of hydrogen-bond donors (Lipinski definition) is 3. The zero-order valence-corrected chi connectivity index (χ0v) is 28.0. The van der Waals surface area contributed by atoms with Crippen LogP contribution in [0.4, 0.5) is 0 Å². The maximum absolute atomic E-state index is 12.5. The van der Waals surface area contributed by atoms with Crippen molar-refractivity contribution in [3.05, 3.63) is 71.0 Å². The van der Waals surface area contributed by atoms with Gasteiger partial charge in [0.1, 0.15) is 11.6 Å². The molecule has 2 aliphatic rings. The topological polar surface area (TPSA) is 136 Å². The zero-order valence-electron chi connectivity index (χ0n) is 28.0. The molecule has 0 atom stereocenters. The Hall–Kier alpha value is -4.24.